The van der Waals surface area contributed by atoms with E-state index >= 15 is 0 Å². The van der Waals surface area contributed by atoms with Crippen LogP contribution in [0.4, 0.5) is 0 Å². The van der Waals surface area contributed by atoms with Crippen LogP contribution in [-0.2, 0) is 24.5 Å². The zero-order chi connectivity index (χ0) is 33.7. The Bertz CT molecular complexity index is 1340. The van der Waals surface area contributed by atoms with Crippen LogP contribution in [0.3, 0.4) is 0 Å². The summed E-state index contributed by atoms with van der Waals surface area (Å²) in [6, 6.07) is 14.8. The predicted octanol–water partition coefficient (Wildman–Crippen LogP) is 4.37. The average Bonchev–Trinajstić information content (AvgIpc) is 2.93. The lowest BCUT2D eigenvalue weighted by atomic mass is 9.82. The fourth-order valence-corrected chi connectivity index (χ4v) is 4.71. The normalized spacial score (nSPS) is 13.8. The van der Waals surface area contributed by atoms with Crippen LogP contribution in [0.15, 0.2) is 65.6 Å². The number of aryl methyl sites for hydroxylation is 1. The molecule has 6 N–H and O–H groups in total. The van der Waals surface area contributed by atoms with Gasteiger partial charge in [-0.2, -0.15) is 8.42 Å². The Morgan fingerprint density at radius 3 is 1.98 bits per heavy atom. The molecule has 44 heavy (non-hydrogen) atoms. The molecule has 0 radical (unpaired) electrons. The number of nitrogens with zero attached hydrogens (tertiary/aromatic N) is 1. The van der Waals surface area contributed by atoms with E-state index in [9.17, 15) is 28.0 Å². The topological polar surface area (TPSA) is 179 Å². The summed E-state index contributed by atoms with van der Waals surface area (Å²) in [6.45, 7) is 13.4. The second-order valence-electron chi connectivity index (χ2n) is 12.4. The van der Waals surface area contributed by atoms with E-state index in [0.717, 1.165) is 11.1 Å². The van der Waals surface area contributed by atoms with Gasteiger partial charge in [-0.1, -0.05) is 94.8 Å². The number of benzene rings is 2. The molecule has 2 aromatic carbocycles. The highest BCUT2D eigenvalue weighted by Crippen LogP contribution is 2.26. The lowest BCUT2D eigenvalue weighted by Gasteiger charge is -2.34. The molecule has 0 unspecified atom stereocenters. The first kappa shape index (κ1) is 38.4. The molecule has 0 bridgehead atoms. The number of hydroxylamine groups is 1. The van der Waals surface area contributed by atoms with E-state index in [1.165, 1.54) is 17.1 Å². The van der Waals surface area contributed by atoms with Crippen LogP contribution in [0.1, 0.15) is 65.5 Å². The van der Waals surface area contributed by atoms with Crippen molar-refractivity contribution in [1.29, 1.82) is 0 Å². The number of carbonyl (C=O) groups is 3. The first-order valence-electron chi connectivity index (χ1n) is 14.4. The summed E-state index contributed by atoms with van der Waals surface area (Å²) in [5.74, 6) is -2.99. The molecule has 3 atom stereocenters. The van der Waals surface area contributed by atoms with Crippen LogP contribution >= 0.6 is 0 Å². The number of nitrogens with two attached hydrogens (primary N) is 1. The molecular formula is C32H48N4O7S. The van der Waals surface area contributed by atoms with E-state index in [-0.39, 0.29) is 29.2 Å². The third kappa shape index (κ3) is 14.3. The maximum absolute atomic E-state index is 13.4. The van der Waals surface area contributed by atoms with Gasteiger partial charge in [0.05, 0.1) is 22.8 Å². The summed E-state index contributed by atoms with van der Waals surface area (Å²) >= 11 is 0. The summed E-state index contributed by atoms with van der Waals surface area (Å²) in [4.78, 5) is 38.5. The molecule has 244 valence electrons. The molecule has 0 spiro atoms. The molecule has 0 aliphatic heterocycles. The average molecular weight is 633 g/mol. The minimum absolute atomic E-state index is 0.0666. The third-order valence-corrected chi connectivity index (χ3v) is 7.21. The molecule has 2 aromatic rings. The molecule has 11 nitrogen and oxygen atoms in total. The van der Waals surface area contributed by atoms with Crippen LogP contribution < -0.4 is 16.6 Å². The van der Waals surface area contributed by atoms with Gasteiger partial charge in [0.15, 0.2) is 0 Å². The van der Waals surface area contributed by atoms with E-state index < -0.39 is 45.7 Å². The van der Waals surface area contributed by atoms with Crippen molar-refractivity contribution in [3.8, 4) is 0 Å². The Balaban J connectivity index is 0.000000733. The lowest BCUT2D eigenvalue weighted by Crippen LogP contribution is -2.56. The number of amides is 3. The Labute approximate surface area is 261 Å². The summed E-state index contributed by atoms with van der Waals surface area (Å²) in [6.07, 6.45) is 4.33. The standard InChI is InChI=1S/C25H40N4O4.C7H8O3S/c1-17(2)15-21(22(30)27-29(16-25(4,5)6)24(32)18(3)26)20(23(31)28-33)14-10-13-19-11-8-7-9-12-19;1-6-2-4-7(5-3-6)11(8,9)10/h7-13,17-18,20-21,33H,14-16,26H2,1-6H3,(H,27,30)(H,28,31);2-5H,1H3,(H,8,9,10)/b13-10+;/t18-,20+,21-;/m1./s1. The maximum Gasteiger partial charge on any atom is 0.294 e. The fraction of sp³-hybridized carbons (Fsp3) is 0.469. The number of allylic oxidation sites excluding steroid dienone is 1. The van der Waals surface area contributed by atoms with Gasteiger partial charge < -0.3 is 5.73 Å². The Kier molecular flexibility index (Phi) is 15.4. The zero-order valence-electron chi connectivity index (χ0n) is 26.7. The van der Waals surface area contributed by atoms with Gasteiger partial charge in [-0.25, -0.2) is 5.48 Å². The second-order valence-corrected chi connectivity index (χ2v) is 13.8. The minimum atomic E-state index is -4.02. The first-order valence-corrected chi connectivity index (χ1v) is 15.9. The van der Waals surface area contributed by atoms with Crippen molar-refractivity contribution < 1.29 is 32.6 Å². The molecule has 0 saturated carbocycles. The summed E-state index contributed by atoms with van der Waals surface area (Å²) in [7, 11) is -4.02. The van der Waals surface area contributed by atoms with Gasteiger partial charge in [0.2, 0.25) is 11.8 Å². The molecule has 3 amide bonds. The van der Waals surface area contributed by atoms with E-state index in [4.69, 9.17) is 10.3 Å². The van der Waals surface area contributed by atoms with Crippen molar-refractivity contribution in [3.63, 3.8) is 0 Å². The molecule has 0 saturated heterocycles. The number of nitrogens with one attached hydrogen (secondary N) is 2. The van der Waals surface area contributed by atoms with Crippen molar-refractivity contribution in [3.05, 3.63) is 71.8 Å². The lowest BCUT2D eigenvalue weighted by molar-refractivity contribution is -0.149. The summed E-state index contributed by atoms with van der Waals surface area (Å²) in [5, 5.41) is 10.6. The van der Waals surface area contributed by atoms with Gasteiger partial charge in [-0.15, -0.1) is 0 Å². The van der Waals surface area contributed by atoms with Crippen LogP contribution in [0.5, 0.6) is 0 Å². The quantitative estimate of drug-likeness (QED) is 0.138. The van der Waals surface area contributed by atoms with E-state index in [2.05, 4.69) is 5.43 Å². The first-order chi connectivity index (χ1) is 20.4. The van der Waals surface area contributed by atoms with Gasteiger partial charge in [0, 0.05) is 6.54 Å². The van der Waals surface area contributed by atoms with Crippen LogP contribution in [0.2, 0.25) is 0 Å². The van der Waals surface area contributed by atoms with Crippen LogP contribution in [-0.4, -0.2) is 53.5 Å². The molecule has 2 rings (SSSR count). The fourth-order valence-electron chi connectivity index (χ4n) is 4.23. The van der Waals surface area contributed by atoms with Crippen LogP contribution in [0.25, 0.3) is 6.08 Å². The van der Waals surface area contributed by atoms with Gasteiger partial charge in [-0.05, 0) is 55.7 Å². The van der Waals surface area contributed by atoms with Crippen molar-refractivity contribution in [2.45, 2.75) is 72.2 Å². The monoisotopic (exact) mass is 632 g/mol. The van der Waals surface area contributed by atoms with E-state index in [1.807, 2.05) is 84.0 Å². The van der Waals surface area contributed by atoms with Crippen molar-refractivity contribution in [2.24, 2.45) is 28.9 Å². The third-order valence-electron chi connectivity index (χ3n) is 6.35. The van der Waals surface area contributed by atoms with Gasteiger partial charge in [0.1, 0.15) is 0 Å². The second kappa shape index (κ2) is 17.6. The zero-order valence-corrected chi connectivity index (χ0v) is 27.5. The van der Waals surface area contributed by atoms with E-state index in [1.54, 1.807) is 24.5 Å². The minimum Gasteiger partial charge on any atom is -0.320 e. The van der Waals surface area contributed by atoms with E-state index in [0.29, 0.717) is 6.42 Å². The Morgan fingerprint density at radius 2 is 1.52 bits per heavy atom. The predicted molar refractivity (Wildman–Crippen MR) is 170 cm³/mol. The molecule has 0 aliphatic carbocycles. The maximum atomic E-state index is 13.4. The van der Waals surface area contributed by atoms with Crippen molar-refractivity contribution in [2.75, 3.05) is 6.54 Å². The largest absolute Gasteiger partial charge is 0.320 e. The van der Waals surface area contributed by atoms with Gasteiger partial charge >= 0.3 is 0 Å². The highest BCUT2D eigenvalue weighted by atomic mass is 32.2. The molecule has 0 aliphatic rings. The molecule has 0 heterocycles. The van der Waals surface area contributed by atoms with Gasteiger partial charge in [-0.3, -0.25) is 34.6 Å². The Hall–Kier alpha value is -3.58. The number of hydrazine groups is 1. The number of hydrogen-bond acceptors (Lipinski definition) is 7. The molecule has 0 aromatic heterocycles. The molecule has 12 heteroatoms. The smallest absolute Gasteiger partial charge is 0.294 e. The SMILES string of the molecule is CC(C)C[C@@H](C(=O)NN(CC(C)(C)C)C(=O)[C@@H](C)N)[C@H](C/C=C/c1ccccc1)C(=O)NO.Cc1ccc(S(=O)(=O)O)cc1. The number of rotatable bonds is 11. The molecular weight excluding hydrogens is 584 g/mol. The molecule has 0 fully saturated rings. The summed E-state index contributed by atoms with van der Waals surface area (Å²) < 4.78 is 29.6. The van der Waals surface area contributed by atoms with Crippen molar-refractivity contribution in [1.82, 2.24) is 15.9 Å². The number of carbonyl (C=O) groups excluding carboxylic acids is 3. The van der Waals surface area contributed by atoms with Gasteiger partial charge in [0.25, 0.3) is 16.0 Å². The van der Waals surface area contributed by atoms with Crippen molar-refractivity contribution >= 4 is 33.9 Å². The summed E-state index contributed by atoms with van der Waals surface area (Å²) in [5.41, 5.74) is 11.8. The Morgan fingerprint density at radius 1 is 0.955 bits per heavy atom. The number of hydrogen-bond donors (Lipinski definition) is 5. The van der Waals surface area contributed by atoms with Crippen LogP contribution in [0, 0.1) is 30.1 Å². The highest BCUT2D eigenvalue weighted by molar-refractivity contribution is 7.85. The highest BCUT2D eigenvalue weighted by Gasteiger charge is 2.35.